The summed E-state index contributed by atoms with van der Waals surface area (Å²) in [6.45, 7) is 15.8. The number of esters is 1. The third-order valence-electron chi connectivity index (χ3n) is 4.51. The van der Waals surface area contributed by atoms with E-state index in [9.17, 15) is 4.79 Å². The Morgan fingerprint density at radius 2 is 1.44 bits per heavy atom. The largest absolute Gasteiger partial charge is 0.500 e. The van der Waals surface area contributed by atoms with Gasteiger partial charge in [0.15, 0.2) is 0 Å². The van der Waals surface area contributed by atoms with Crippen molar-refractivity contribution in [2.24, 2.45) is 5.92 Å². The highest BCUT2D eigenvalue weighted by atomic mass is 28.4. The summed E-state index contributed by atoms with van der Waals surface area (Å²) in [6, 6.07) is 0.852. The summed E-state index contributed by atoms with van der Waals surface area (Å²) in [5, 5.41) is 0. The van der Waals surface area contributed by atoms with Crippen molar-refractivity contribution in [2.45, 2.75) is 85.6 Å². The van der Waals surface area contributed by atoms with Crippen molar-refractivity contribution in [3.05, 3.63) is 12.2 Å². The first kappa shape index (κ1) is 26.3. The van der Waals surface area contributed by atoms with Gasteiger partial charge in [-0.3, -0.25) is 0 Å². The molecular formula is C21H42O5Si. The van der Waals surface area contributed by atoms with E-state index in [1.54, 1.807) is 6.92 Å². The molecule has 0 aromatic rings. The number of hydrogen-bond donors (Lipinski definition) is 0. The smallest absolute Gasteiger partial charge is 0.462 e. The third-order valence-corrected chi connectivity index (χ3v) is 7.59. The molecule has 5 nitrogen and oxygen atoms in total. The molecule has 27 heavy (non-hydrogen) atoms. The molecule has 0 saturated carbocycles. The molecule has 6 heteroatoms. The lowest BCUT2D eigenvalue weighted by Gasteiger charge is -2.30. The number of hydrogen-bond acceptors (Lipinski definition) is 5. The number of carbonyl (C=O) groups is 1. The molecule has 0 spiro atoms. The molecule has 0 bridgehead atoms. The fourth-order valence-electron chi connectivity index (χ4n) is 3.16. The molecule has 0 amide bonds. The summed E-state index contributed by atoms with van der Waals surface area (Å²) in [7, 11) is -2.58. The number of rotatable bonds is 18. The zero-order valence-electron chi connectivity index (χ0n) is 18.3. The molecular weight excluding hydrogens is 360 g/mol. The van der Waals surface area contributed by atoms with E-state index in [2.05, 4.69) is 13.5 Å². The van der Waals surface area contributed by atoms with Crippen LogP contribution in [0.3, 0.4) is 0 Å². The number of carbonyl (C=O) groups excluding carboxylic acids is 1. The van der Waals surface area contributed by atoms with Gasteiger partial charge in [0.2, 0.25) is 0 Å². The molecule has 0 rings (SSSR count). The van der Waals surface area contributed by atoms with E-state index in [1.165, 1.54) is 25.7 Å². The molecule has 0 aromatic heterocycles. The first-order valence-corrected chi connectivity index (χ1v) is 12.6. The molecule has 0 aromatic carbocycles. The fraction of sp³-hybridized carbons (Fsp3) is 0.857. The van der Waals surface area contributed by atoms with Gasteiger partial charge in [-0.25, -0.2) is 4.79 Å². The van der Waals surface area contributed by atoms with Crippen molar-refractivity contribution in [1.29, 1.82) is 0 Å². The second-order valence-electron chi connectivity index (χ2n) is 6.94. The van der Waals surface area contributed by atoms with Crippen LogP contribution in [0.1, 0.15) is 79.6 Å². The van der Waals surface area contributed by atoms with Crippen molar-refractivity contribution in [3.63, 3.8) is 0 Å². The molecule has 0 saturated heterocycles. The minimum atomic E-state index is -2.58. The van der Waals surface area contributed by atoms with Gasteiger partial charge in [-0.2, -0.15) is 0 Å². The van der Waals surface area contributed by atoms with Crippen molar-refractivity contribution in [3.8, 4) is 0 Å². The summed E-state index contributed by atoms with van der Waals surface area (Å²) in [4.78, 5) is 11.5. The molecule has 0 aliphatic heterocycles. The highest BCUT2D eigenvalue weighted by molar-refractivity contribution is 6.60. The quantitative estimate of drug-likeness (QED) is 0.131. The lowest BCUT2D eigenvalue weighted by molar-refractivity contribution is -0.139. The second kappa shape index (κ2) is 16.3. The van der Waals surface area contributed by atoms with Crippen LogP contribution in [0.4, 0.5) is 0 Å². The molecule has 0 radical (unpaired) electrons. The summed E-state index contributed by atoms with van der Waals surface area (Å²) in [6.07, 6.45) is 7.86. The maximum absolute atomic E-state index is 11.5. The molecule has 1 atom stereocenters. The zero-order chi connectivity index (χ0) is 20.5. The molecule has 0 heterocycles. The van der Waals surface area contributed by atoms with E-state index in [1.807, 2.05) is 20.8 Å². The van der Waals surface area contributed by atoms with E-state index in [0.717, 1.165) is 25.3 Å². The van der Waals surface area contributed by atoms with E-state index >= 15 is 0 Å². The van der Waals surface area contributed by atoms with Gasteiger partial charge in [0.25, 0.3) is 0 Å². The number of ether oxygens (including phenoxy) is 1. The molecule has 160 valence electrons. The Labute approximate surface area is 168 Å². The van der Waals surface area contributed by atoms with Crippen LogP contribution < -0.4 is 0 Å². The van der Waals surface area contributed by atoms with Gasteiger partial charge >= 0.3 is 14.8 Å². The first-order valence-electron chi connectivity index (χ1n) is 10.7. The molecule has 0 aliphatic rings. The third kappa shape index (κ3) is 12.4. The van der Waals surface area contributed by atoms with Crippen LogP contribution in [-0.4, -0.2) is 41.2 Å². The maximum Gasteiger partial charge on any atom is 0.500 e. The summed E-state index contributed by atoms with van der Waals surface area (Å²) in [5.41, 5.74) is 0.454. The van der Waals surface area contributed by atoms with Gasteiger partial charge in [0, 0.05) is 31.4 Å². The van der Waals surface area contributed by atoms with Crippen LogP contribution in [0, 0.1) is 5.92 Å². The Hall–Kier alpha value is -0.693. The van der Waals surface area contributed by atoms with Crippen molar-refractivity contribution in [2.75, 3.05) is 26.4 Å². The summed E-state index contributed by atoms with van der Waals surface area (Å²) < 4.78 is 23.2. The Morgan fingerprint density at radius 3 is 1.93 bits per heavy atom. The van der Waals surface area contributed by atoms with Crippen LogP contribution in [0.5, 0.6) is 0 Å². The lowest BCUT2D eigenvalue weighted by atomic mass is 9.94. The zero-order valence-corrected chi connectivity index (χ0v) is 19.3. The number of unbranched alkanes of at least 4 members (excludes halogenated alkanes) is 2. The van der Waals surface area contributed by atoms with Gasteiger partial charge in [-0.15, -0.1) is 0 Å². The van der Waals surface area contributed by atoms with Gasteiger partial charge in [0.05, 0.1) is 6.61 Å². The molecule has 0 N–H and O–H groups in total. The highest BCUT2D eigenvalue weighted by Gasteiger charge is 2.40. The van der Waals surface area contributed by atoms with E-state index in [-0.39, 0.29) is 5.97 Å². The highest BCUT2D eigenvalue weighted by Crippen LogP contribution is 2.27. The average molecular weight is 403 g/mol. The Kier molecular flexibility index (Phi) is 15.9. The minimum Gasteiger partial charge on any atom is -0.462 e. The Morgan fingerprint density at radius 1 is 0.889 bits per heavy atom. The fourth-order valence-corrected chi connectivity index (χ4v) is 5.92. The van der Waals surface area contributed by atoms with Crippen molar-refractivity contribution in [1.82, 2.24) is 0 Å². The van der Waals surface area contributed by atoms with Gasteiger partial charge in [-0.05, 0) is 52.9 Å². The van der Waals surface area contributed by atoms with Gasteiger partial charge in [0.1, 0.15) is 0 Å². The second-order valence-corrected chi connectivity index (χ2v) is 9.67. The summed E-state index contributed by atoms with van der Waals surface area (Å²) >= 11 is 0. The maximum atomic E-state index is 11.5. The predicted octanol–water partition coefficient (Wildman–Crippen LogP) is 5.52. The predicted molar refractivity (Wildman–Crippen MR) is 113 cm³/mol. The van der Waals surface area contributed by atoms with Crippen LogP contribution in [-0.2, 0) is 22.8 Å². The van der Waals surface area contributed by atoms with Crippen LogP contribution in [0.15, 0.2) is 12.2 Å². The van der Waals surface area contributed by atoms with E-state index in [4.69, 9.17) is 18.0 Å². The molecule has 0 fully saturated rings. The van der Waals surface area contributed by atoms with Crippen LogP contribution in [0.2, 0.25) is 6.04 Å². The monoisotopic (exact) mass is 402 g/mol. The molecule has 1 unspecified atom stereocenters. The van der Waals surface area contributed by atoms with Crippen molar-refractivity contribution >= 4 is 14.8 Å². The van der Waals surface area contributed by atoms with Gasteiger partial charge < -0.3 is 18.0 Å². The van der Waals surface area contributed by atoms with Gasteiger partial charge in [-0.1, -0.05) is 39.2 Å². The SMILES string of the molecule is C=C(C)C(=O)OCCCC(CCCCC)CC[Si](OCC)(OCC)OCC. The topological polar surface area (TPSA) is 54.0 Å². The van der Waals surface area contributed by atoms with Crippen molar-refractivity contribution < 1.29 is 22.8 Å². The standard InChI is InChI=1S/C21H42O5Si/c1-7-11-12-14-20(15-13-17-23-21(22)19(5)6)16-18-27(24-8-2,25-9-3)26-10-4/h20H,5,7-18H2,1-4,6H3. The van der Waals surface area contributed by atoms with Crippen LogP contribution >= 0.6 is 0 Å². The first-order chi connectivity index (χ1) is 12.9. The average Bonchev–Trinajstić information content (AvgIpc) is 2.63. The normalized spacial score (nSPS) is 12.8. The lowest BCUT2D eigenvalue weighted by Crippen LogP contribution is -2.46. The Balaban J connectivity index is 4.65. The Bertz CT molecular complexity index is 383. The van der Waals surface area contributed by atoms with E-state index in [0.29, 0.717) is 37.9 Å². The van der Waals surface area contributed by atoms with Crippen LogP contribution in [0.25, 0.3) is 0 Å². The minimum absolute atomic E-state index is 0.298. The summed E-state index contributed by atoms with van der Waals surface area (Å²) in [5.74, 6) is 0.279. The van der Waals surface area contributed by atoms with E-state index < -0.39 is 8.80 Å². The molecule has 0 aliphatic carbocycles.